The number of carbonyl (C=O) groups excluding carboxylic acids is 1. The Morgan fingerprint density at radius 1 is 1.33 bits per heavy atom. The normalized spacial score (nSPS) is 9.93. The van der Waals surface area contributed by atoms with Crippen LogP contribution in [0.4, 0.5) is 0 Å². The zero-order valence-electron chi connectivity index (χ0n) is 9.78. The zero-order valence-corrected chi connectivity index (χ0v) is 9.78. The summed E-state index contributed by atoms with van der Waals surface area (Å²) in [4.78, 5) is 23.5. The summed E-state index contributed by atoms with van der Waals surface area (Å²) < 4.78 is 0. The van der Waals surface area contributed by atoms with Crippen LogP contribution in [0.15, 0.2) is 11.6 Å². The Hall–Kier alpha value is -1.32. The van der Waals surface area contributed by atoms with Crippen molar-refractivity contribution in [3.63, 3.8) is 0 Å². The summed E-state index contributed by atoms with van der Waals surface area (Å²) >= 11 is 0. The van der Waals surface area contributed by atoms with Crippen LogP contribution in [0.1, 0.15) is 27.7 Å². The maximum Gasteiger partial charge on any atom is 0.323 e. The second-order valence-corrected chi connectivity index (χ2v) is 4.23. The van der Waals surface area contributed by atoms with Crippen LogP contribution in [-0.4, -0.2) is 35.0 Å². The van der Waals surface area contributed by atoms with Crippen molar-refractivity contribution in [2.45, 2.75) is 27.7 Å². The smallest absolute Gasteiger partial charge is 0.323 e. The fourth-order valence-corrected chi connectivity index (χ4v) is 1.17. The number of aliphatic carboxylic acids is 1. The third-order valence-electron chi connectivity index (χ3n) is 1.64. The molecule has 0 saturated heterocycles. The van der Waals surface area contributed by atoms with Gasteiger partial charge >= 0.3 is 5.97 Å². The number of allylic oxidation sites excluding steroid dienone is 1. The molecule has 0 spiro atoms. The van der Waals surface area contributed by atoms with Gasteiger partial charge in [0.25, 0.3) is 0 Å². The Balaban J connectivity index is 4.54. The van der Waals surface area contributed by atoms with Gasteiger partial charge in [-0.3, -0.25) is 9.59 Å². The Bertz CT molecular complexity index is 265. The SMILES string of the molecule is CC(C)=CC(=O)N(CC(=O)O)CC(C)C. The highest BCUT2D eigenvalue weighted by molar-refractivity contribution is 5.90. The second-order valence-electron chi connectivity index (χ2n) is 4.23. The highest BCUT2D eigenvalue weighted by Gasteiger charge is 2.15. The van der Waals surface area contributed by atoms with Crippen molar-refractivity contribution in [2.75, 3.05) is 13.1 Å². The molecule has 0 aliphatic heterocycles. The predicted molar refractivity (Wildman–Crippen MR) is 58.5 cm³/mol. The van der Waals surface area contributed by atoms with E-state index in [1.54, 1.807) is 0 Å². The molecule has 0 fully saturated rings. The Morgan fingerprint density at radius 2 is 1.87 bits per heavy atom. The van der Waals surface area contributed by atoms with Gasteiger partial charge in [0.1, 0.15) is 6.54 Å². The van der Waals surface area contributed by atoms with Gasteiger partial charge < -0.3 is 10.0 Å². The highest BCUT2D eigenvalue weighted by Crippen LogP contribution is 2.02. The Kier molecular flexibility index (Phi) is 5.67. The molecule has 0 unspecified atom stereocenters. The molecule has 0 radical (unpaired) electrons. The monoisotopic (exact) mass is 213 g/mol. The first-order valence-electron chi connectivity index (χ1n) is 4.98. The minimum Gasteiger partial charge on any atom is -0.480 e. The minimum atomic E-state index is -0.980. The largest absolute Gasteiger partial charge is 0.480 e. The first kappa shape index (κ1) is 13.7. The third kappa shape index (κ3) is 6.71. The highest BCUT2D eigenvalue weighted by atomic mass is 16.4. The van der Waals surface area contributed by atoms with Crippen LogP contribution in [-0.2, 0) is 9.59 Å². The van der Waals surface area contributed by atoms with Gasteiger partial charge in [0.15, 0.2) is 0 Å². The van der Waals surface area contributed by atoms with E-state index >= 15 is 0 Å². The molecule has 0 aromatic heterocycles. The molecule has 0 aliphatic rings. The van der Waals surface area contributed by atoms with Crippen LogP contribution in [0.3, 0.4) is 0 Å². The number of rotatable bonds is 5. The van der Waals surface area contributed by atoms with Gasteiger partial charge in [0.2, 0.25) is 5.91 Å². The molecule has 0 aromatic carbocycles. The number of nitrogens with zero attached hydrogens (tertiary/aromatic N) is 1. The van der Waals surface area contributed by atoms with E-state index in [9.17, 15) is 9.59 Å². The zero-order chi connectivity index (χ0) is 12.0. The van der Waals surface area contributed by atoms with Gasteiger partial charge in [-0.05, 0) is 19.8 Å². The summed E-state index contributed by atoms with van der Waals surface area (Å²) in [6.07, 6.45) is 1.46. The van der Waals surface area contributed by atoms with Crippen molar-refractivity contribution in [1.82, 2.24) is 4.90 Å². The van der Waals surface area contributed by atoms with Crippen LogP contribution in [0, 0.1) is 5.92 Å². The first-order valence-corrected chi connectivity index (χ1v) is 4.98. The van der Waals surface area contributed by atoms with Gasteiger partial charge in [0, 0.05) is 12.6 Å². The molecule has 1 amide bonds. The van der Waals surface area contributed by atoms with E-state index < -0.39 is 5.97 Å². The second kappa shape index (κ2) is 6.22. The quantitative estimate of drug-likeness (QED) is 0.704. The summed E-state index contributed by atoms with van der Waals surface area (Å²) in [6, 6.07) is 0. The van der Waals surface area contributed by atoms with Gasteiger partial charge in [-0.1, -0.05) is 19.4 Å². The minimum absolute atomic E-state index is 0.230. The van der Waals surface area contributed by atoms with Crippen LogP contribution in [0.25, 0.3) is 0 Å². The fourth-order valence-electron chi connectivity index (χ4n) is 1.17. The summed E-state index contributed by atoms with van der Waals surface area (Å²) in [7, 11) is 0. The van der Waals surface area contributed by atoms with E-state index in [1.165, 1.54) is 11.0 Å². The molecule has 0 heterocycles. The molecule has 4 heteroatoms. The van der Waals surface area contributed by atoms with Gasteiger partial charge in [-0.25, -0.2) is 0 Å². The number of amides is 1. The molecule has 0 saturated carbocycles. The van der Waals surface area contributed by atoms with E-state index in [1.807, 2.05) is 27.7 Å². The third-order valence-corrected chi connectivity index (χ3v) is 1.64. The van der Waals surface area contributed by atoms with Gasteiger partial charge in [-0.15, -0.1) is 0 Å². The lowest BCUT2D eigenvalue weighted by molar-refractivity contribution is -0.143. The van der Waals surface area contributed by atoms with Crippen molar-refractivity contribution in [3.8, 4) is 0 Å². The molecular formula is C11H19NO3. The first-order chi connectivity index (χ1) is 6.82. The lowest BCUT2D eigenvalue weighted by Crippen LogP contribution is -2.37. The van der Waals surface area contributed by atoms with Crippen molar-refractivity contribution in [1.29, 1.82) is 0 Å². The van der Waals surface area contributed by atoms with E-state index in [0.717, 1.165) is 5.57 Å². The Morgan fingerprint density at radius 3 is 2.20 bits per heavy atom. The predicted octanol–water partition coefficient (Wildman–Crippen LogP) is 1.52. The topological polar surface area (TPSA) is 57.6 Å². The molecule has 15 heavy (non-hydrogen) atoms. The summed E-state index contributed by atoms with van der Waals surface area (Å²) in [5, 5.41) is 8.67. The molecular weight excluding hydrogens is 194 g/mol. The van der Waals surface area contributed by atoms with E-state index in [2.05, 4.69) is 0 Å². The molecule has 4 nitrogen and oxygen atoms in total. The van der Waals surface area contributed by atoms with E-state index in [-0.39, 0.29) is 18.4 Å². The van der Waals surface area contributed by atoms with Crippen molar-refractivity contribution in [2.24, 2.45) is 5.92 Å². The van der Waals surface area contributed by atoms with Crippen LogP contribution in [0.5, 0.6) is 0 Å². The standard InChI is InChI=1S/C11H19NO3/c1-8(2)5-10(13)12(6-9(3)4)7-11(14)15/h5,9H,6-7H2,1-4H3,(H,14,15). The molecule has 1 N–H and O–H groups in total. The maximum absolute atomic E-state index is 11.6. The number of carboxylic acids is 1. The number of carboxylic acid groups (broad SMARTS) is 1. The average Bonchev–Trinajstić information content (AvgIpc) is 1.99. The van der Waals surface area contributed by atoms with E-state index in [0.29, 0.717) is 6.54 Å². The summed E-state index contributed by atoms with van der Waals surface area (Å²) in [5.74, 6) is -0.948. The molecule has 0 atom stereocenters. The molecule has 0 aliphatic carbocycles. The average molecular weight is 213 g/mol. The van der Waals surface area contributed by atoms with Crippen molar-refractivity contribution in [3.05, 3.63) is 11.6 Å². The number of hydrogen-bond acceptors (Lipinski definition) is 2. The van der Waals surface area contributed by atoms with Crippen molar-refractivity contribution >= 4 is 11.9 Å². The van der Waals surface area contributed by atoms with Gasteiger partial charge in [-0.2, -0.15) is 0 Å². The van der Waals surface area contributed by atoms with Crippen LogP contribution < -0.4 is 0 Å². The van der Waals surface area contributed by atoms with Crippen molar-refractivity contribution < 1.29 is 14.7 Å². The number of carbonyl (C=O) groups is 2. The maximum atomic E-state index is 11.6. The lowest BCUT2D eigenvalue weighted by atomic mass is 10.2. The van der Waals surface area contributed by atoms with Crippen LogP contribution >= 0.6 is 0 Å². The lowest BCUT2D eigenvalue weighted by Gasteiger charge is -2.21. The van der Waals surface area contributed by atoms with E-state index in [4.69, 9.17) is 5.11 Å². The summed E-state index contributed by atoms with van der Waals surface area (Å²) in [5.41, 5.74) is 0.874. The Labute approximate surface area is 90.6 Å². The molecule has 0 aromatic rings. The molecule has 0 bridgehead atoms. The fraction of sp³-hybridized carbons (Fsp3) is 0.636. The molecule has 86 valence electrons. The van der Waals surface area contributed by atoms with Crippen LogP contribution in [0.2, 0.25) is 0 Å². The molecule has 0 rings (SSSR count). The number of hydrogen-bond donors (Lipinski definition) is 1. The van der Waals surface area contributed by atoms with Gasteiger partial charge in [0.05, 0.1) is 0 Å². The summed E-state index contributed by atoms with van der Waals surface area (Å²) in [6.45, 7) is 7.75.